The summed E-state index contributed by atoms with van der Waals surface area (Å²) in [4.78, 5) is 22.3. The van der Waals surface area contributed by atoms with Crippen molar-refractivity contribution in [1.29, 1.82) is 0 Å². The molecule has 3 aromatic rings. The lowest BCUT2D eigenvalue weighted by Gasteiger charge is -2.18. The van der Waals surface area contributed by atoms with E-state index >= 15 is 0 Å². The van der Waals surface area contributed by atoms with Crippen LogP contribution in [0.5, 0.6) is 0 Å². The Hall–Kier alpha value is -2.71. The van der Waals surface area contributed by atoms with Gasteiger partial charge >= 0.3 is 0 Å². The van der Waals surface area contributed by atoms with Gasteiger partial charge < -0.3 is 15.5 Å². The second-order valence-electron chi connectivity index (χ2n) is 6.17. The molecule has 0 bridgehead atoms. The number of anilines is 3. The zero-order chi connectivity index (χ0) is 19.8. The largest absolute Gasteiger partial charge is 0.342 e. The highest BCUT2D eigenvalue weighted by Gasteiger charge is 2.10. The topological polar surface area (TPSA) is 78.9 Å². The van der Waals surface area contributed by atoms with Gasteiger partial charge in [0.1, 0.15) is 11.6 Å². The number of aryl methyl sites for hydroxylation is 1. The zero-order valence-corrected chi connectivity index (χ0v) is 17.2. The minimum atomic E-state index is 0.508. The Bertz CT molecular complexity index is 871. The van der Waals surface area contributed by atoms with Gasteiger partial charge in [0.2, 0.25) is 11.9 Å². The van der Waals surface area contributed by atoms with Crippen molar-refractivity contribution in [1.82, 2.24) is 25.3 Å². The molecule has 0 saturated heterocycles. The van der Waals surface area contributed by atoms with Crippen LogP contribution in [0.25, 0.3) is 0 Å². The summed E-state index contributed by atoms with van der Waals surface area (Å²) in [6.45, 7) is 3.70. The van der Waals surface area contributed by atoms with E-state index < -0.39 is 0 Å². The number of benzene rings is 1. The second-order valence-corrected chi connectivity index (χ2v) is 7.32. The minimum Gasteiger partial charge on any atom is -0.342 e. The monoisotopic (exact) mass is 395 g/mol. The summed E-state index contributed by atoms with van der Waals surface area (Å²) < 4.78 is 0. The molecule has 0 radical (unpaired) electrons. The first-order valence-corrected chi connectivity index (χ1v) is 10.1. The minimum absolute atomic E-state index is 0.508. The first-order valence-electron chi connectivity index (χ1n) is 9.24. The maximum Gasteiger partial charge on any atom is 0.233 e. The fraction of sp³-hybridized carbons (Fsp3) is 0.300. The molecule has 0 spiro atoms. The molecular weight excluding hydrogens is 370 g/mol. The fourth-order valence-corrected chi connectivity index (χ4v) is 3.23. The van der Waals surface area contributed by atoms with Crippen molar-refractivity contribution < 1.29 is 0 Å². The molecule has 0 atom stereocenters. The van der Waals surface area contributed by atoms with E-state index in [2.05, 4.69) is 42.7 Å². The van der Waals surface area contributed by atoms with Crippen LogP contribution in [-0.2, 0) is 6.42 Å². The molecule has 0 aliphatic heterocycles. The van der Waals surface area contributed by atoms with Crippen LogP contribution in [0.1, 0.15) is 12.7 Å². The molecule has 28 heavy (non-hydrogen) atoms. The van der Waals surface area contributed by atoms with Gasteiger partial charge in [0.25, 0.3) is 0 Å². The van der Waals surface area contributed by atoms with Gasteiger partial charge in [0.15, 0.2) is 0 Å². The van der Waals surface area contributed by atoms with Crippen LogP contribution in [0.2, 0.25) is 0 Å². The van der Waals surface area contributed by atoms with E-state index in [9.17, 15) is 0 Å². The SMILES string of the molecule is CCc1nc(Nc2ccc(Sc3ccccc3)cn2)nc(N(C)CCNC)n1. The molecule has 0 unspecified atom stereocenters. The molecule has 2 aromatic heterocycles. The fourth-order valence-electron chi connectivity index (χ4n) is 2.43. The molecule has 0 aliphatic carbocycles. The van der Waals surface area contributed by atoms with Crippen molar-refractivity contribution >= 4 is 29.5 Å². The molecule has 3 rings (SSSR count). The molecule has 0 saturated carbocycles. The van der Waals surface area contributed by atoms with E-state index in [1.807, 2.05) is 62.4 Å². The Morgan fingerprint density at radius 2 is 1.82 bits per heavy atom. The molecule has 7 nitrogen and oxygen atoms in total. The third-order valence-corrected chi connectivity index (χ3v) is 4.96. The van der Waals surface area contributed by atoms with Gasteiger partial charge in [-0.25, -0.2) is 4.98 Å². The standard InChI is InChI=1S/C20H25N7S/c1-4-17-23-19(26-20(25-17)27(3)13-12-21-2)24-18-11-10-16(14-22-18)28-15-8-6-5-7-9-15/h5-11,14,21H,4,12-13H2,1-3H3,(H,22,23,24,25,26). The number of hydrogen-bond acceptors (Lipinski definition) is 8. The van der Waals surface area contributed by atoms with Crippen LogP contribution in [-0.4, -0.2) is 47.1 Å². The number of nitrogens with one attached hydrogen (secondary N) is 2. The maximum absolute atomic E-state index is 4.54. The third kappa shape index (κ3) is 5.64. The molecule has 0 fully saturated rings. The van der Waals surface area contributed by atoms with Crippen LogP contribution < -0.4 is 15.5 Å². The molecule has 0 amide bonds. The number of pyridine rings is 1. The molecule has 2 N–H and O–H groups in total. The smallest absolute Gasteiger partial charge is 0.233 e. The summed E-state index contributed by atoms with van der Waals surface area (Å²) in [6.07, 6.45) is 2.59. The Kier molecular flexibility index (Phi) is 7.16. The lowest BCUT2D eigenvalue weighted by molar-refractivity contribution is 0.744. The molecule has 1 aromatic carbocycles. The van der Waals surface area contributed by atoms with Crippen LogP contribution >= 0.6 is 11.8 Å². The predicted molar refractivity (Wildman–Crippen MR) is 114 cm³/mol. The number of hydrogen-bond donors (Lipinski definition) is 2. The normalized spacial score (nSPS) is 10.7. The number of likely N-dealkylation sites (N-methyl/N-ethyl adjacent to an activating group) is 2. The summed E-state index contributed by atoms with van der Waals surface area (Å²) in [7, 11) is 3.90. The van der Waals surface area contributed by atoms with Crippen molar-refractivity contribution in [3.8, 4) is 0 Å². The number of nitrogens with zero attached hydrogens (tertiary/aromatic N) is 5. The molecule has 2 heterocycles. The highest BCUT2D eigenvalue weighted by Crippen LogP contribution is 2.27. The van der Waals surface area contributed by atoms with Crippen molar-refractivity contribution in [2.75, 3.05) is 37.4 Å². The van der Waals surface area contributed by atoms with Crippen molar-refractivity contribution in [2.45, 2.75) is 23.1 Å². The van der Waals surface area contributed by atoms with Crippen molar-refractivity contribution in [3.05, 3.63) is 54.5 Å². The first-order chi connectivity index (χ1) is 13.7. The lowest BCUT2D eigenvalue weighted by atomic mass is 10.4. The van der Waals surface area contributed by atoms with E-state index in [-0.39, 0.29) is 0 Å². The van der Waals surface area contributed by atoms with E-state index in [0.29, 0.717) is 17.7 Å². The van der Waals surface area contributed by atoms with E-state index in [1.165, 1.54) is 4.90 Å². The van der Waals surface area contributed by atoms with Crippen molar-refractivity contribution in [3.63, 3.8) is 0 Å². The maximum atomic E-state index is 4.54. The Labute approximate surface area is 170 Å². The molecular formula is C20H25N7S. The predicted octanol–water partition coefficient (Wildman–Crippen LogP) is 3.38. The average molecular weight is 396 g/mol. The van der Waals surface area contributed by atoms with Gasteiger partial charge in [0.05, 0.1) is 0 Å². The zero-order valence-electron chi connectivity index (χ0n) is 16.4. The van der Waals surface area contributed by atoms with Crippen molar-refractivity contribution in [2.24, 2.45) is 0 Å². The number of aromatic nitrogens is 4. The van der Waals surface area contributed by atoms with Gasteiger partial charge in [-0.05, 0) is 31.3 Å². The summed E-state index contributed by atoms with van der Waals surface area (Å²) >= 11 is 1.68. The molecule has 8 heteroatoms. The van der Waals surface area contributed by atoms with Gasteiger partial charge in [-0.1, -0.05) is 36.9 Å². The Balaban J connectivity index is 1.71. The summed E-state index contributed by atoms with van der Waals surface area (Å²) in [5.41, 5.74) is 0. The van der Waals surface area contributed by atoms with E-state index in [1.54, 1.807) is 11.8 Å². The third-order valence-electron chi connectivity index (χ3n) is 3.98. The first kappa shape index (κ1) is 20.0. The van der Waals surface area contributed by atoms with E-state index in [4.69, 9.17) is 0 Å². The van der Waals surface area contributed by atoms with Crippen LogP contribution in [0.4, 0.5) is 17.7 Å². The highest BCUT2D eigenvalue weighted by molar-refractivity contribution is 7.99. The average Bonchev–Trinajstić information content (AvgIpc) is 2.74. The summed E-state index contributed by atoms with van der Waals surface area (Å²) in [6, 6.07) is 14.2. The molecule has 0 aliphatic rings. The molecule has 146 valence electrons. The summed E-state index contributed by atoms with van der Waals surface area (Å²) in [5, 5.41) is 6.33. The second kappa shape index (κ2) is 10.0. The number of rotatable bonds is 9. The van der Waals surface area contributed by atoms with Crippen LogP contribution in [0.3, 0.4) is 0 Å². The van der Waals surface area contributed by atoms with Crippen LogP contribution in [0.15, 0.2) is 58.5 Å². The quantitative estimate of drug-likeness (QED) is 0.571. The van der Waals surface area contributed by atoms with Gasteiger partial charge in [-0.15, -0.1) is 0 Å². The van der Waals surface area contributed by atoms with Gasteiger partial charge in [-0.2, -0.15) is 15.0 Å². The van der Waals surface area contributed by atoms with Crippen LogP contribution in [0, 0.1) is 0 Å². The van der Waals surface area contributed by atoms with E-state index in [0.717, 1.165) is 30.2 Å². The van der Waals surface area contributed by atoms with Gasteiger partial charge in [-0.3, -0.25) is 0 Å². The Morgan fingerprint density at radius 1 is 1.00 bits per heavy atom. The lowest BCUT2D eigenvalue weighted by Crippen LogP contribution is -2.29. The highest BCUT2D eigenvalue weighted by atomic mass is 32.2. The van der Waals surface area contributed by atoms with Gasteiger partial charge in [0, 0.05) is 42.5 Å². The summed E-state index contributed by atoms with van der Waals surface area (Å²) in [5.74, 6) is 2.62. The Morgan fingerprint density at radius 3 is 2.50 bits per heavy atom.